The molecule has 33 heavy (non-hydrogen) atoms. The number of hydrogen-bond donors (Lipinski definition) is 1. The van der Waals surface area contributed by atoms with Gasteiger partial charge in [0.05, 0.1) is 37.8 Å². The lowest BCUT2D eigenvalue weighted by Crippen LogP contribution is -2.32. The highest BCUT2D eigenvalue weighted by atomic mass is 32.2. The Kier molecular flexibility index (Phi) is 8.20. The molecule has 1 amide bonds. The normalized spacial score (nSPS) is 15.9. The minimum Gasteiger partial charge on any atom is -0.497 e. The first kappa shape index (κ1) is 24.9. The van der Waals surface area contributed by atoms with E-state index >= 15 is 0 Å². The Morgan fingerprint density at radius 1 is 0.909 bits per heavy atom. The third-order valence-corrected chi connectivity index (χ3v) is 7.76. The first-order chi connectivity index (χ1) is 15.8. The highest BCUT2D eigenvalue weighted by molar-refractivity contribution is 7.89. The smallest absolute Gasteiger partial charge is 0.255 e. The predicted octanol–water partition coefficient (Wildman–Crippen LogP) is 3.77. The van der Waals surface area contributed by atoms with Crippen LogP contribution in [0.2, 0.25) is 0 Å². The average Bonchev–Trinajstić information content (AvgIpc) is 3.13. The van der Waals surface area contributed by atoms with Gasteiger partial charge in [-0.25, -0.2) is 8.42 Å². The zero-order chi connectivity index (χ0) is 24.0. The third-order valence-electron chi connectivity index (χ3n) is 5.87. The van der Waals surface area contributed by atoms with Crippen LogP contribution in [0.25, 0.3) is 0 Å². The van der Waals surface area contributed by atoms with E-state index in [0.29, 0.717) is 30.3 Å². The predicted molar refractivity (Wildman–Crippen MR) is 126 cm³/mol. The largest absolute Gasteiger partial charge is 0.497 e. The van der Waals surface area contributed by atoms with Gasteiger partial charge in [0.2, 0.25) is 10.0 Å². The molecule has 3 rings (SSSR count). The molecule has 0 saturated carbocycles. The number of amides is 1. The van der Waals surface area contributed by atoms with E-state index in [-0.39, 0.29) is 10.5 Å². The Labute approximate surface area is 195 Å². The van der Waals surface area contributed by atoms with Crippen LogP contribution in [-0.2, 0) is 10.0 Å². The van der Waals surface area contributed by atoms with E-state index in [4.69, 9.17) is 14.2 Å². The molecule has 0 spiro atoms. The Morgan fingerprint density at radius 3 is 2.15 bits per heavy atom. The zero-order valence-corrected chi connectivity index (χ0v) is 20.4. The number of ether oxygens (including phenoxy) is 3. The van der Waals surface area contributed by atoms with Gasteiger partial charge in [-0.2, -0.15) is 4.31 Å². The van der Waals surface area contributed by atoms with Crippen LogP contribution in [0, 0.1) is 0 Å². The van der Waals surface area contributed by atoms with Crippen molar-refractivity contribution in [3.8, 4) is 17.2 Å². The number of carbonyl (C=O) groups is 1. The Hall–Kier alpha value is -2.78. The summed E-state index contributed by atoms with van der Waals surface area (Å²) < 4.78 is 44.0. The van der Waals surface area contributed by atoms with Crippen molar-refractivity contribution in [1.82, 2.24) is 9.62 Å². The van der Waals surface area contributed by atoms with Crippen molar-refractivity contribution in [3.63, 3.8) is 0 Å². The maximum atomic E-state index is 13.2. The van der Waals surface area contributed by atoms with Gasteiger partial charge in [0, 0.05) is 18.7 Å². The van der Waals surface area contributed by atoms with Gasteiger partial charge in [-0.15, -0.1) is 0 Å². The second kappa shape index (κ2) is 10.9. The van der Waals surface area contributed by atoms with Gasteiger partial charge in [0.1, 0.15) is 17.2 Å². The van der Waals surface area contributed by atoms with Crippen LogP contribution < -0.4 is 19.5 Å². The second-order valence-corrected chi connectivity index (χ2v) is 9.92. The molecule has 0 aromatic heterocycles. The van der Waals surface area contributed by atoms with Crippen LogP contribution in [0.4, 0.5) is 0 Å². The van der Waals surface area contributed by atoms with Crippen LogP contribution >= 0.6 is 0 Å². The maximum Gasteiger partial charge on any atom is 0.255 e. The summed E-state index contributed by atoms with van der Waals surface area (Å²) in [5, 5.41) is 2.92. The van der Waals surface area contributed by atoms with E-state index < -0.39 is 22.0 Å². The molecule has 1 heterocycles. The molecule has 0 radical (unpaired) electrons. The SMILES string of the molecule is COc1ccc(OC)c([C@H](C)NC(=O)c2cc(S(=O)(=O)N3CCCCCC3)ccc2OC)c1. The van der Waals surface area contributed by atoms with Gasteiger partial charge in [0.25, 0.3) is 5.91 Å². The Bertz CT molecular complexity index is 1080. The van der Waals surface area contributed by atoms with E-state index in [0.717, 1.165) is 31.2 Å². The van der Waals surface area contributed by atoms with Crippen LogP contribution in [0.15, 0.2) is 41.3 Å². The lowest BCUT2D eigenvalue weighted by molar-refractivity contribution is 0.0936. The number of rotatable bonds is 8. The van der Waals surface area contributed by atoms with Crippen LogP contribution in [0.3, 0.4) is 0 Å². The molecule has 0 aliphatic carbocycles. The number of nitrogens with zero attached hydrogens (tertiary/aromatic N) is 1. The fourth-order valence-electron chi connectivity index (χ4n) is 3.99. The Balaban J connectivity index is 1.90. The van der Waals surface area contributed by atoms with Gasteiger partial charge >= 0.3 is 0 Å². The van der Waals surface area contributed by atoms with E-state index in [1.807, 2.05) is 6.92 Å². The molecule has 1 aliphatic heterocycles. The van der Waals surface area contributed by atoms with Crippen LogP contribution in [-0.4, -0.2) is 53.0 Å². The van der Waals surface area contributed by atoms with Gasteiger partial charge in [-0.05, 0) is 56.2 Å². The first-order valence-electron chi connectivity index (χ1n) is 11.0. The minimum atomic E-state index is -3.71. The zero-order valence-electron chi connectivity index (χ0n) is 19.6. The van der Waals surface area contributed by atoms with Gasteiger partial charge in [-0.3, -0.25) is 4.79 Å². The van der Waals surface area contributed by atoms with Crippen molar-refractivity contribution >= 4 is 15.9 Å². The Morgan fingerprint density at radius 2 is 1.55 bits per heavy atom. The molecular formula is C24H32N2O6S. The molecule has 0 bridgehead atoms. The van der Waals surface area contributed by atoms with Gasteiger partial charge in [-0.1, -0.05) is 12.8 Å². The number of carbonyl (C=O) groups excluding carboxylic acids is 1. The molecule has 1 N–H and O–H groups in total. The van der Waals surface area contributed by atoms with Crippen molar-refractivity contribution in [2.45, 2.75) is 43.5 Å². The molecule has 1 fully saturated rings. The van der Waals surface area contributed by atoms with E-state index in [1.54, 1.807) is 32.4 Å². The fraction of sp³-hybridized carbons (Fsp3) is 0.458. The van der Waals surface area contributed by atoms with Crippen LogP contribution in [0.5, 0.6) is 17.2 Å². The van der Waals surface area contributed by atoms with E-state index in [9.17, 15) is 13.2 Å². The molecule has 180 valence electrons. The number of benzene rings is 2. The van der Waals surface area contributed by atoms with Crippen molar-refractivity contribution in [1.29, 1.82) is 0 Å². The summed E-state index contributed by atoms with van der Waals surface area (Å²) >= 11 is 0. The van der Waals surface area contributed by atoms with Crippen molar-refractivity contribution in [2.75, 3.05) is 34.4 Å². The summed E-state index contributed by atoms with van der Waals surface area (Å²) in [6.07, 6.45) is 3.72. The fourth-order valence-corrected chi connectivity index (χ4v) is 5.53. The maximum absolute atomic E-state index is 13.2. The molecule has 1 atom stereocenters. The molecule has 9 heteroatoms. The summed E-state index contributed by atoms with van der Waals surface area (Å²) in [6, 6.07) is 9.31. The molecular weight excluding hydrogens is 444 g/mol. The standard InChI is InChI=1S/C24H32N2O6S/c1-17(20-15-18(30-2)9-11-22(20)31-3)25-24(27)21-16-19(10-12-23(21)32-4)33(28,29)26-13-7-5-6-8-14-26/h9-12,15-17H,5-8,13-14H2,1-4H3,(H,25,27)/t17-/m0/s1. The summed E-state index contributed by atoms with van der Waals surface area (Å²) in [7, 11) is 0.864. The average molecular weight is 477 g/mol. The molecule has 2 aromatic carbocycles. The third kappa shape index (κ3) is 5.59. The topological polar surface area (TPSA) is 94.2 Å². The summed E-state index contributed by atoms with van der Waals surface area (Å²) in [5.41, 5.74) is 0.889. The van der Waals surface area contributed by atoms with E-state index in [2.05, 4.69) is 5.32 Å². The number of hydrogen-bond acceptors (Lipinski definition) is 6. The lowest BCUT2D eigenvalue weighted by atomic mass is 10.1. The summed E-state index contributed by atoms with van der Waals surface area (Å²) in [5.74, 6) is 1.09. The highest BCUT2D eigenvalue weighted by Gasteiger charge is 2.27. The highest BCUT2D eigenvalue weighted by Crippen LogP contribution is 2.31. The van der Waals surface area contributed by atoms with E-state index in [1.165, 1.54) is 29.6 Å². The summed E-state index contributed by atoms with van der Waals surface area (Å²) in [6.45, 7) is 2.80. The molecule has 1 aliphatic rings. The van der Waals surface area contributed by atoms with Crippen molar-refractivity contribution in [3.05, 3.63) is 47.5 Å². The number of methoxy groups -OCH3 is 3. The van der Waals surface area contributed by atoms with Gasteiger partial charge in [0.15, 0.2) is 0 Å². The first-order valence-corrected chi connectivity index (χ1v) is 12.5. The molecule has 2 aromatic rings. The van der Waals surface area contributed by atoms with Crippen molar-refractivity contribution in [2.24, 2.45) is 0 Å². The second-order valence-electron chi connectivity index (χ2n) is 7.98. The lowest BCUT2D eigenvalue weighted by Gasteiger charge is -2.21. The van der Waals surface area contributed by atoms with Crippen molar-refractivity contribution < 1.29 is 27.4 Å². The molecule has 1 saturated heterocycles. The van der Waals surface area contributed by atoms with Gasteiger partial charge < -0.3 is 19.5 Å². The summed E-state index contributed by atoms with van der Waals surface area (Å²) in [4.78, 5) is 13.3. The minimum absolute atomic E-state index is 0.0852. The molecule has 0 unspecified atom stereocenters. The molecule has 8 nitrogen and oxygen atoms in total. The quantitative estimate of drug-likeness (QED) is 0.623. The number of nitrogens with one attached hydrogen (secondary N) is 1. The van der Waals surface area contributed by atoms with Crippen LogP contribution in [0.1, 0.15) is 54.6 Å². The number of sulfonamides is 1. The monoisotopic (exact) mass is 476 g/mol.